The van der Waals surface area contributed by atoms with Crippen LogP contribution in [0.15, 0.2) is 30.3 Å². The number of nitrogens with zero attached hydrogens (tertiary/aromatic N) is 3. The number of carbonyl (C=O) groups is 1. The summed E-state index contributed by atoms with van der Waals surface area (Å²) in [5.41, 5.74) is 1.31. The molecule has 1 aromatic carbocycles. The van der Waals surface area contributed by atoms with Crippen LogP contribution < -0.4 is 10.2 Å². The zero-order valence-corrected chi connectivity index (χ0v) is 12.3. The van der Waals surface area contributed by atoms with Gasteiger partial charge in [-0.15, -0.1) is 0 Å². The van der Waals surface area contributed by atoms with E-state index in [-0.39, 0.29) is 12.5 Å². The van der Waals surface area contributed by atoms with Crippen LogP contribution in [0.25, 0.3) is 10.9 Å². The van der Waals surface area contributed by atoms with Gasteiger partial charge in [0.1, 0.15) is 11.9 Å². The Balaban J connectivity index is 2.42. The predicted molar refractivity (Wildman–Crippen MR) is 83.0 cm³/mol. The third kappa shape index (κ3) is 3.29. The Hall–Kier alpha value is -2.61. The van der Waals surface area contributed by atoms with Crippen molar-refractivity contribution >= 4 is 22.6 Å². The van der Waals surface area contributed by atoms with Crippen molar-refractivity contribution in [3.05, 3.63) is 35.9 Å². The van der Waals surface area contributed by atoms with Crippen LogP contribution in [0, 0.1) is 11.3 Å². The molecule has 1 heterocycles. The lowest BCUT2D eigenvalue weighted by atomic mass is 10.1. The fourth-order valence-electron chi connectivity index (χ4n) is 2.19. The molecule has 0 saturated heterocycles. The van der Waals surface area contributed by atoms with E-state index in [1.165, 1.54) is 0 Å². The highest BCUT2D eigenvalue weighted by Gasteiger charge is 2.15. The van der Waals surface area contributed by atoms with Gasteiger partial charge >= 0.3 is 0 Å². The number of rotatable bonds is 5. The number of likely N-dealkylation sites (N-methyl/N-ethyl adjacent to an activating group) is 2. The van der Waals surface area contributed by atoms with E-state index >= 15 is 0 Å². The molecule has 0 atom stereocenters. The van der Waals surface area contributed by atoms with E-state index in [2.05, 4.69) is 16.4 Å². The maximum absolute atomic E-state index is 11.8. The molecule has 1 aromatic heterocycles. The highest BCUT2D eigenvalue weighted by Crippen LogP contribution is 2.22. The molecule has 108 valence electrons. The molecule has 1 N–H and O–H groups in total. The van der Waals surface area contributed by atoms with E-state index in [0.29, 0.717) is 24.5 Å². The Labute approximate surface area is 124 Å². The lowest BCUT2D eigenvalue weighted by Gasteiger charge is -2.22. The van der Waals surface area contributed by atoms with E-state index in [0.717, 1.165) is 10.9 Å². The maximum Gasteiger partial charge on any atom is 0.239 e. The molecule has 21 heavy (non-hydrogen) atoms. The SMILES string of the molecule is CCNC(=O)CN(CC)c1nc2ccccc2cc1C#N. The van der Waals surface area contributed by atoms with Crippen LogP contribution in [0.1, 0.15) is 19.4 Å². The van der Waals surface area contributed by atoms with Gasteiger partial charge in [-0.2, -0.15) is 5.26 Å². The Morgan fingerprint density at radius 3 is 2.81 bits per heavy atom. The van der Waals surface area contributed by atoms with Crippen molar-refractivity contribution in [2.45, 2.75) is 13.8 Å². The standard InChI is InChI=1S/C16H18N4O/c1-3-18-15(21)11-20(4-2)16-13(10-17)9-12-7-5-6-8-14(12)19-16/h5-9H,3-4,11H2,1-2H3,(H,18,21). The van der Waals surface area contributed by atoms with Crippen molar-refractivity contribution in [1.82, 2.24) is 10.3 Å². The fraction of sp³-hybridized carbons (Fsp3) is 0.312. The number of hydrogen-bond acceptors (Lipinski definition) is 4. The number of aromatic nitrogens is 1. The lowest BCUT2D eigenvalue weighted by Crippen LogP contribution is -2.37. The van der Waals surface area contributed by atoms with Gasteiger partial charge in [0.15, 0.2) is 0 Å². The first-order valence-electron chi connectivity index (χ1n) is 7.01. The minimum absolute atomic E-state index is 0.0711. The normalized spacial score (nSPS) is 10.1. The molecule has 0 fully saturated rings. The van der Waals surface area contributed by atoms with Crippen LogP contribution >= 0.6 is 0 Å². The minimum atomic E-state index is -0.0711. The molecule has 0 bridgehead atoms. The third-order valence-electron chi connectivity index (χ3n) is 3.21. The third-order valence-corrected chi connectivity index (χ3v) is 3.21. The number of pyridine rings is 1. The Morgan fingerprint density at radius 2 is 2.14 bits per heavy atom. The summed E-state index contributed by atoms with van der Waals surface area (Å²) in [4.78, 5) is 18.2. The lowest BCUT2D eigenvalue weighted by molar-refractivity contribution is -0.119. The van der Waals surface area contributed by atoms with Crippen LogP contribution in [-0.4, -0.2) is 30.5 Å². The largest absolute Gasteiger partial charge is 0.355 e. The smallest absolute Gasteiger partial charge is 0.239 e. The second kappa shape index (κ2) is 6.71. The number of anilines is 1. The van der Waals surface area contributed by atoms with Crippen LogP contribution in [0.2, 0.25) is 0 Å². The van der Waals surface area contributed by atoms with E-state index in [1.54, 1.807) is 0 Å². The molecule has 2 rings (SSSR count). The summed E-state index contributed by atoms with van der Waals surface area (Å²) >= 11 is 0. The van der Waals surface area contributed by atoms with Gasteiger partial charge in [-0.1, -0.05) is 18.2 Å². The number of carbonyl (C=O) groups excluding carboxylic acids is 1. The summed E-state index contributed by atoms with van der Waals surface area (Å²) in [6.45, 7) is 5.22. The van der Waals surface area contributed by atoms with Gasteiger partial charge < -0.3 is 10.2 Å². The van der Waals surface area contributed by atoms with Gasteiger partial charge in [0.2, 0.25) is 5.91 Å². The molecule has 5 nitrogen and oxygen atoms in total. The number of amides is 1. The Morgan fingerprint density at radius 1 is 1.38 bits per heavy atom. The van der Waals surface area contributed by atoms with Crippen LogP contribution in [0.3, 0.4) is 0 Å². The molecular formula is C16H18N4O. The van der Waals surface area contributed by atoms with E-state index in [4.69, 9.17) is 0 Å². The number of nitriles is 1. The van der Waals surface area contributed by atoms with Crippen molar-refractivity contribution in [2.24, 2.45) is 0 Å². The van der Waals surface area contributed by atoms with Crippen molar-refractivity contribution < 1.29 is 4.79 Å². The molecule has 0 spiro atoms. The van der Waals surface area contributed by atoms with Crippen molar-refractivity contribution in [3.8, 4) is 6.07 Å². The number of fused-ring (bicyclic) bond motifs is 1. The molecule has 0 unspecified atom stereocenters. The molecule has 0 aliphatic carbocycles. The van der Waals surface area contributed by atoms with Crippen LogP contribution in [-0.2, 0) is 4.79 Å². The maximum atomic E-state index is 11.8. The molecule has 1 amide bonds. The first-order chi connectivity index (χ1) is 10.2. The first kappa shape index (κ1) is 14.8. The number of nitrogens with one attached hydrogen (secondary N) is 1. The second-order valence-corrected chi connectivity index (χ2v) is 4.63. The Bertz CT molecular complexity index is 690. The number of hydrogen-bond donors (Lipinski definition) is 1. The summed E-state index contributed by atoms with van der Waals surface area (Å²) in [5, 5.41) is 13.0. The highest BCUT2D eigenvalue weighted by molar-refractivity contribution is 5.85. The average Bonchev–Trinajstić information content (AvgIpc) is 2.51. The van der Waals surface area contributed by atoms with Gasteiger partial charge in [-0.05, 0) is 26.0 Å². The van der Waals surface area contributed by atoms with E-state index in [1.807, 2.05) is 49.1 Å². The highest BCUT2D eigenvalue weighted by atomic mass is 16.2. The molecule has 5 heteroatoms. The molecule has 0 saturated carbocycles. The zero-order valence-electron chi connectivity index (χ0n) is 12.3. The average molecular weight is 282 g/mol. The Kier molecular flexibility index (Phi) is 4.72. The van der Waals surface area contributed by atoms with Gasteiger partial charge in [0.25, 0.3) is 0 Å². The summed E-state index contributed by atoms with van der Waals surface area (Å²) in [6, 6.07) is 11.6. The molecule has 0 radical (unpaired) electrons. The van der Waals surface area contributed by atoms with Crippen LogP contribution in [0.5, 0.6) is 0 Å². The zero-order chi connectivity index (χ0) is 15.2. The minimum Gasteiger partial charge on any atom is -0.355 e. The van der Waals surface area contributed by atoms with Crippen LogP contribution in [0.4, 0.5) is 5.82 Å². The predicted octanol–water partition coefficient (Wildman–Crippen LogP) is 2.07. The van der Waals surface area contributed by atoms with Gasteiger partial charge in [0, 0.05) is 18.5 Å². The van der Waals surface area contributed by atoms with Gasteiger partial charge in [0.05, 0.1) is 17.6 Å². The molecule has 0 aliphatic heterocycles. The summed E-state index contributed by atoms with van der Waals surface area (Å²) < 4.78 is 0. The van der Waals surface area contributed by atoms with Gasteiger partial charge in [-0.3, -0.25) is 4.79 Å². The number of para-hydroxylation sites is 1. The quantitative estimate of drug-likeness (QED) is 0.911. The summed E-state index contributed by atoms with van der Waals surface area (Å²) in [7, 11) is 0. The fourth-order valence-corrected chi connectivity index (χ4v) is 2.19. The monoisotopic (exact) mass is 282 g/mol. The molecule has 0 aliphatic rings. The van der Waals surface area contributed by atoms with E-state index < -0.39 is 0 Å². The van der Waals surface area contributed by atoms with Crippen molar-refractivity contribution in [3.63, 3.8) is 0 Å². The molecular weight excluding hydrogens is 264 g/mol. The molecule has 2 aromatic rings. The van der Waals surface area contributed by atoms with Gasteiger partial charge in [-0.25, -0.2) is 4.98 Å². The number of benzene rings is 1. The summed E-state index contributed by atoms with van der Waals surface area (Å²) in [5.74, 6) is 0.489. The summed E-state index contributed by atoms with van der Waals surface area (Å²) in [6.07, 6.45) is 0. The van der Waals surface area contributed by atoms with Crippen molar-refractivity contribution in [1.29, 1.82) is 5.26 Å². The second-order valence-electron chi connectivity index (χ2n) is 4.63. The van der Waals surface area contributed by atoms with Crippen molar-refractivity contribution in [2.75, 3.05) is 24.5 Å². The topological polar surface area (TPSA) is 69.0 Å². The van der Waals surface area contributed by atoms with E-state index in [9.17, 15) is 10.1 Å². The first-order valence-corrected chi connectivity index (χ1v) is 7.01.